The minimum Gasteiger partial charge on any atom is -0.347 e. The van der Waals surface area contributed by atoms with Gasteiger partial charge in [-0.05, 0) is 38.8 Å². The summed E-state index contributed by atoms with van der Waals surface area (Å²) in [6, 6.07) is 0.590. The van der Waals surface area contributed by atoms with Crippen molar-refractivity contribution in [2.45, 2.75) is 45.6 Å². The van der Waals surface area contributed by atoms with Gasteiger partial charge in [-0.15, -0.1) is 0 Å². The second kappa shape index (κ2) is 5.36. The Morgan fingerprint density at radius 1 is 1.33 bits per heavy atom. The summed E-state index contributed by atoms with van der Waals surface area (Å²) in [7, 11) is 4.29. The Morgan fingerprint density at radius 3 is 2.81 bits per heavy atom. The molecule has 4 nitrogen and oxygen atoms in total. The molecule has 0 radical (unpaired) electrons. The molecule has 21 heavy (non-hydrogen) atoms. The summed E-state index contributed by atoms with van der Waals surface area (Å²) in [5.74, 6) is 0.283. The van der Waals surface area contributed by atoms with Gasteiger partial charge in [-0.2, -0.15) is 0 Å². The van der Waals surface area contributed by atoms with E-state index in [0.717, 1.165) is 35.2 Å². The minimum absolute atomic E-state index is 0.0590. The maximum Gasteiger partial charge on any atom is 0.186 e. The van der Waals surface area contributed by atoms with Gasteiger partial charge in [-0.3, -0.25) is 4.79 Å². The van der Waals surface area contributed by atoms with E-state index >= 15 is 0 Å². The highest BCUT2D eigenvalue weighted by molar-refractivity contribution is 7.17. The van der Waals surface area contributed by atoms with Gasteiger partial charge in [-0.1, -0.05) is 25.2 Å². The molecule has 1 unspecified atom stereocenters. The van der Waals surface area contributed by atoms with Crippen molar-refractivity contribution in [2.75, 3.05) is 32.1 Å². The molecule has 0 saturated carbocycles. The second-order valence-corrected chi connectivity index (χ2v) is 8.40. The number of hydrogen-bond acceptors (Lipinski definition) is 5. The summed E-state index contributed by atoms with van der Waals surface area (Å²) in [5, 5.41) is 1.05. The molecule has 2 heterocycles. The molecule has 1 fully saturated rings. The van der Waals surface area contributed by atoms with Crippen molar-refractivity contribution in [3.8, 4) is 0 Å². The molecule has 1 aliphatic heterocycles. The van der Waals surface area contributed by atoms with E-state index in [-0.39, 0.29) is 11.2 Å². The Kier molecular flexibility index (Phi) is 3.82. The number of piperidine rings is 1. The van der Waals surface area contributed by atoms with E-state index in [1.165, 1.54) is 12.8 Å². The second-order valence-electron chi connectivity index (χ2n) is 7.42. The molecule has 1 aromatic rings. The van der Waals surface area contributed by atoms with E-state index in [4.69, 9.17) is 4.98 Å². The van der Waals surface area contributed by atoms with E-state index in [1.807, 2.05) is 0 Å². The number of rotatable bonds is 2. The maximum atomic E-state index is 12.3. The lowest BCUT2D eigenvalue weighted by molar-refractivity contribution is 0.0916. The number of carbonyl (C=O) groups excluding carboxylic acids is 1. The van der Waals surface area contributed by atoms with Crippen LogP contribution in [0.4, 0.5) is 5.13 Å². The van der Waals surface area contributed by atoms with E-state index < -0.39 is 0 Å². The van der Waals surface area contributed by atoms with Crippen molar-refractivity contribution in [3.05, 3.63) is 10.6 Å². The fourth-order valence-corrected chi connectivity index (χ4v) is 4.45. The van der Waals surface area contributed by atoms with Gasteiger partial charge in [0, 0.05) is 25.6 Å². The Hall–Kier alpha value is -0.940. The molecular formula is C16H25N3OS. The van der Waals surface area contributed by atoms with Gasteiger partial charge >= 0.3 is 0 Å². The molecule has 3 rings (SSSR count). The lowest BCUT2D eigenvalue weighted by Crippen LogP contribution is -2.45. The highest BCUT2D eigenvalue weighted by Crippen LogP contribution is 2.39. The third-order valence-corrected chi connectivity index (χ3v) is 5.82. The van der Waals surface area contributed by atoms with E-state index in [2.05, 4.69) is 37.7 Å². The van der Waals surface area contributed by atoms with Crippen LogP contribution >= 0.6 is 11.3 Å². The van der Waals surface area contributed by atoms with Gasteiger partial charge in [0.05, 0.1) is 10.6 Å². The number of nitrogens with zero attached hydrogens (tertiary/aromatic N) is 3. The molecule has 0 aromatic carbocycles. The number of aromatic nitrogens is 1. The molecule has 0 amide bonds. The zero-order valence-electron chi connectivity index (χ0n) is 13.5. The van der Waals surface area contributed by atoms with Gasteiger partial charge < -0.3 is 9.80 Å². The largest absolute Gasteiger partial charge is 0.347 e. The number of ketones is 1. The first-order valence-electron chi connectivity index (χ1n) is 7.80. The summed E-state index contributed by atoms with van der Waals surface area (Å²) in [6.07, 6.45) is 4.03. The normalized spacial score (nSPS) is 25.3. The molecule has 1 atom stereocenters. The predicted octanol–water partition coefficient (Wildman–Crippen LogP) is 2.83. The average Bonchev–Trinajstić information content (AvgIpc) is 2.81. The van der Waals surface area contributed by atoms with Gasteiger partial charge in [0.25, 0.3) is 0 Å². The standard InChI is InChI=1S/C16H25N3OS/c1-16(2)8-12-14(13(20)9-16)21-15(17-12)19-7-5-6-11(10-19)18(3)4/h11H,5-10H2,1-4H3. The van der Waals surface area contributed by atoms with Crippen LogP contribution in [0.5, 0.6) is 0 Å². The number of Topliss-reactive ketones (excluding diaryl/α,β-unsaturated/α-hetero) is 1. The van der Waals surface area contributed by atoms with Gasteiger partial charge in [0.15, 0.2) is 10.9 Å². The number of hydrogen-bond donors (Lipinski definition) is 0. The topological polar surface area (TPSA) is 36.4 Å². The first-order valence-corrected chi connectivity index (χ1v) is 8.62. The zero-order chi connectivity index (χ0) is 15.2. The third kappa shape index (κ3) is 2.99. The van der Waals surface area contributed by atoms with Gasteiger partial charge in [0.1, 0.15) is 0 Å². The number of fused-ring (bicyclic) bond motifs is 1. The van der Waals surface area contributed by atoms with Gasteiger partial charge in [-0.25, -0.2) is 4.98 Å². The summed E-state index contributed by atoms with van der Waals surface area (Å²) in [6.45, 7) is 6.41. The van der Waals surface area contributed by atoms with Crippen molar-refractivity contribution in [2.24, 2.45) is 5.41 Å². The van der Waals surface area contributed by atoms with Crippen LogP contribution in [-0.4, -0.2) is 48.9 Å². The first-order chi connectivity index (χ1) is 9.85. The predicted molar refractivity (Wildman–Crippen MR) is 87.5 cm³/mol. The quantitative estimate of drug-likeness (QED) is 0.842. The van der Waals surface area contributed by atoms with Crippen LogP contribution in [0.1, 0.15) is 48.5 Å². The van der Waals surface area contributed by atoms with Crippen LogP contribution in [0.15, 0.2) is 0 Å². The zero-order valence-corrected chi connectivity index (χ0v) is 14.3. The monoisotopic (exact) mass is 307 g/mol. The Morgan fingerprint density at radius 2 is 2.10 bits per heavy atom. The fraction of sp³-hybridized carbons (Fsp3) is 0.750. The number of anilines is 1. The molecule has 0 spiro atoms. The summed E-state index contributed by atoms with van der Waals surface area (Å²) >= 11 is 1.61. The molecule has 2 aliphatic rings. The summed E-state index contributed by atoms with van der Waals surface area (Å²) < 4.78 is 0. The number of carbonyl (C=O) groups is 1. The Labute approximate surface area is 131 Å². The summed E-state index contributed by atoms with van der Waals surface area (Å²) in [5.41, 5.74) is 1.09. The maximum absolute atomic E-state index is 12.3. The third-order valence-electron chi connectivity index (χ3n) is 4.62. The molecule has 0 bridgehead atoms. The smallest absolute Gasteiger partial charge is 0.186 e. The van der Waals surface area contributed by atoms with Crippen LogP contribution < -0.4 is 4.90 Å². The first kappa shape index (κ1) is 15.0. The molecule has 116 valence electrons. The van der Waals surface area contributed by atoms with Crippen molar-refractivity contribution >= 4 is 22.3 Å². The Balaban J connectivity index is 1.83. The Bertz CT molecular complexity index is 550. The van der Waals surface area contributed by atoms with Gasteiger partial charge in [0.2, 0.25) is 0 Å². The molecular weight excluding hydrogens is 282 g/mol. The average molecular weight is 307 g/mol. The summed E-state index contributed by atoms with van der Waals surface area (Å²) in [4.78, 5) is 22.7. The molecule has 1 aliphatic carbocycles. The van der Waals surface area contributed by atoms with E-state index in [9.17, 15) is 4.79 Å². The highest BCUT2D eigenvalue weighted by atomic mass is 32.1. The van der Waals surface area contributed by atoms with Crippen LogP contribution in [-0.2, 0) is 6.42 Å². The SMILES string of the molecule is CN(C)C1CCCN(c2nc3c(s2)C(=O)CC(C)(C)C3)C1. The van der Waals surface area contributed by atoms with Crippen LogP contribution in [0, 0.1) is 5.41 Å². The van der Waals surface area contributed by atoms with Crippen LogP contribution in [0.3, 0.4) is 0 Å². The van der Waals surface area contributed by atoms with Crippen molar-refractivity contribution in [1.82, 2.24) is 9.88 Å². The number of likely N-dealkylation sites (N-methyl/N-ethyl adjacent to an activating group) is 1. The molecule has 5 heteroatoms. The van der Waals surface area contributed by atoms with E-state index in [1.54, 1.807) is 11.3 Å². The van der Waals surface area contributed by atoms with Crippen molar-refractivity contribution < 1.29 is 4.79 Å². The highest BCUT2D eigenvalue weighted by Gasteiger charge is 2.35. The molecule has 1 saturated heterocycles. The lowest BCUT2D eigenvalue weighted by Gasteiger charge is -2.35. The van der Waals surface area contributed by atoms with E-state index in [0.29, 0.717) is 12.5 Å². The lowest BCUT2D eigenvalue weighted by atomic mass is 9.78. The van der Waals surface area contributed by atoms with Crippen LogP contribution in [0.2, 0.25) is 0 Å². The molecule has 1 aromatic heterocycles. The molecule has 0 N–H and O–H groups in total. The fourth-order valence-electron chi connectivity index (χ4n) is 3.39. The minimum atomic E-state index is 0.0590. The number of thiazole rings is 1. The van der Waals surface area contributed by atoms with Crippen LogP contribution in [0.25, 0.3) is 0 Å². The van der Waals surface area contributed by atoms with Crippen molar-refractivity contribution in [1.29, 1.82) is 0 Å². The van der Waals surface area contributed by atoms with Crippen molar-refractivity contribution in [3.63, 3.8) is 0 Å².